The Hall–Kier alpha value is -2.30. The number of halogens is 1. The second-order valence-corrected chi connectivity index (χ2v) is 5.21. The molecule has 1 saturated carbocycles. The minimum atomic E-state index is -0.314. The molecule has 0 aliphatic heterocycles. The highest BCUT2D eigenvalue weighted by atomic mass is 19.1. The van der Waals surface area contributed by atoms with E-state index in [1.165, 1.54) is 12.1 Å². The summed E-state index contributed by atoms with van der Waals surface area (Å²) in [6.45, 7) is 1.76. The van der Waals surface area contributed by atoms with Gasteiger partial charge in [-0.3, -0.25) is 4.79 Å². The highest BCUT2D eigenvalue weighted by molar-refractivity contribution is 6.04. The SMILES string of the molecule is Cc1cc(F)ccc1NC(=O)c1cc(N)cn1C1CC1. The van der Waals surface area contributed by atoms with Crippen LogP contribution in [0.5, 0.6) is 0 Å². The van der Waals surface area contributed by atoms with E-state index in [1.807, 2.05) is 4.57 Å². The molecular formula is C15H16FN3O. The van der Waals surface area contributed by atoms with E-state index < -0.39 is 0 Å². The molecule has 4 nitrogen and oxygen atoms in total. The predicted molar refractivity (Wildman–Crippen MR) is 76.2 cm³/mol. The molecule has 5 heteroatoms. The van der Waals surface area contributed by atoms with Gasteiger partial charge in [-0.1, -0.05) is 0 Å². The number of hydrogen-bond donors (Lipinski definition) is 2. The second kappa shape index (κ2) is 4.67. The van der Waals surface area contributed by atoms with Crippen LogP contribution in [0.1, 0.15) is 34.9 Å². The van der Waals surface area contributed by atoms with E-state index in [1.54, 1.807) is 25.3 Å². The first kappa shape index (κ1) is 12.7. The molecular weight excluding hydrogens is 257 g/mol. The Balaban J connectivity index is 1.86. The number of nitrogens with one attached hydrogen (secondary N) is 1. The van der Waals surface area contributed by atoms with Crippen molar-refractivity contribution in [3.05, 3.63) is 47.5 Å². The summed E-state index contributed by atoms with van der Waals surface area (Å²) >= 11 is 0. The van der Waals surface area contributed by atoms with Gasteiger partial charge in [0.25, 0.3) is 5.91 Å². The third-order valence-corrected chi connectivity index (χ3v) is 3.48. The standard InChI is InChI=1S/C15H16FN3O/c1-9-6-10(16)2-5-13(9)18-15(20)14-7-11(17)8-19(14)12-3-4-12/h2,5-8,12H,3-4,17H2,1H3,(H,18,20). The zero-order valence-electron chi connectivity index (χ0n) is 11.2. The van der Waals surface area contributed by atoms with Crippen molar-refractivity contribution in [3.63, 3.8) is 0 Å². The van der Waals surface area contributed by atoms with Crippen molar-refractivity contribution in [2.75, 3.05) is 11.1 Å². The first-order chi connectivity index (χ1) is 9.54. The lowest BCUT2D eigenvalue weighted by Gasteiger charge is -2.10. The van der Waals surface area contributed by atoms with Crippen LogP contribution in [-0.2, 0) is 0 Å². The smallest absolute Gasteiger partial charge is 0.272 e. The van der Waals surface area contributed by atoms with E-state index in [4.69, 9.17) is 5.73 Å². The largest absolute Gasteiger partial charge is 0.397 e. The summed E-state index contributed by atoms with van der Waals surface area (Å²) in [7, 11) is 0. The Bertz CT molecular complexity index is 674. The molecule has 2 aromatic rings. The number of amides is 1. The number of carbonyl (C=O) groups excluding carboxylic acids is 1. The quantitative estimate of drug-likeness (QED) is 0.902. The summed E-state index contributed by atoms with van der Waals surface area (Å²) in [6, 6.07) is 6.34. The van der Waals surface area contributed by atoms with Gasteiger partial charge in [0.05, 0.1) is 5.69 Å². The molecule has 1 aromatic heterocycles. The third kappa shape index (κ3) is 2.39. The molecule has 0 saturated heterocycles. The number of aryl methyl sites for hydroxylation is 1. The van der Waals surface area contributed by atoms with Crippen LogP contribution >= 0.6 is 0 Å². The van der Waals surface area contributed by atoms with E-state index >= 15 is 0 Å². The number of hydrogen-bond acceptors (Lipinski definition) is 2. The Labute approximate surface area is 116 Å². The highest BCUT2D eigenvalue weighted by Gasteiger charge is 2.27. The van der Waals surface area contributed by atoms with Gasteiger partial charge in [0, 0.05) is 17.9 Å². The number of rotatable bonds is 3. The molecule has 1 aliphatic carbocycles. The lowest BCUT2D eigenvalue weighted by atomic mass is 10.2. The van der Waals surface area contributed by atoms with Crippen molar-refractivity contribution < 1.29 is 9.18 Å². The minimum absolute atomic E-state index is 0.219. The first-order valence-corrected chi connectivity index (χ1v) is 6.59. The van der Waals surface area contributed by atoms with Crippen LogP contribution in [0, 0.1) is 12.7 Å². The number of nitrogens with two attached hydrogens (primary N) is 1. The van der Waals surface area contributed by atoms with E-state index in [0.29, 0.717) is 28.7 Å². The van der Waals surface area contributed by atoms with Gasteiger partial charge in [0.15, 0.2) is 0 Å². The van der Waals surface area contributed by atoms with Gasteiger partial charge in [-0.05, 0) is 49.6 Å². The number of aromatic nitrogens is 1. The van der Waals surface area contributed by atoms with Gasteiger partial charge in [-0.25, -0.2) is 4.39 Å². The summed E-state index contributed by atoms with van der Waals surface area (Å²) in [5, 5.41) is 2.81. The van der Waals surface area contributed by atoms with Crippen molar-refractivity contribution in [1.82, 2.24) is 4.57 Å². The van der Waals surface area contributed by atoms with Crippen molar-refractivity contribution in [2.45, 2.75) is 25.8 Å². The van der Waals surface area contributed by atoms with Crippen molar-refractivity contribution in [1.29, 1.82) is 0 Å². The van der Waals surface area contributed by atoms with Crippen molar-refractivity contribution in [2.24, 2.45) is 0 Å². The van der Waals surface area contributed by atoms with E-state index in [9.17, 15) is 9.18 Å². The molecule has 104 valence electrons. The van der Waals surface area contributed by atoms with Gasteiger partial charge in [0.2, 0.25) is 0 Å². The number of nitrogen functional groups attached to an aromatic ring is 1. The topological polar surface area (TPSA) is 60.1 Å². The van der Waals surface area contributed by atoms with Gasteiger partial charge in [-0.2, -0.15) is 0 Å². The number of nitrogens with zero attached hydrogens (tertiary/aromatic N) is 1. The molecule has 1 aromatic carbocycles. The Morgan fingerprint density at radius 3 is 2.80 bits per heavy atom. The average Bonchev–Trinajstić information content (AvgIpc) is 3.16. The molecule has 3 rings (SSSR count). The Morgan fingerprint density at radius 2 is 2.15 bits per heavy atom. The molecule has 0 radical (unpaired) electrons. The summed E-state index contributed by atoms with van der Waals surface area (Å²) in [5.41, 5.74) is 8.21. The predicted octanol–water partition coefficient (Wildman–Crippen LogP) is 3.11. The number of anilines is 2. The van der Waals surface area contributed by atoms with Gasteiger partial charge in [0.1, 0.15) is 11.5 Å². The lowest BCUT2D eigenvalue weighted by Crippen LogP contribution is -2.17. The molecule has 1 heterocycles. The maximum Gasteiger partial charge on any atom is 0.272 e. The minimum Gasteiger partial charge on any atom is -0.397 e. The maximum absolute atomic E-state index is 13.1. The second-order valence-electron chi connectivity index (χ2n) is 5.21. The first-order valence-electron chi connectivity index (χ1n) is 6.59. The van der Waals surface area contributed by atoms with Crippen LogP contribution in [-0.4, -0.2) is 10.5 Å². The fourth-order valence-electron chi connectivity index (χ4n) is 2.29. The lowest BCUT2D eigenvalue weighted by molar-refractivity contribution is 0.101. The molecule has 3 N–H and O–H groups in total. The number of benzene rings is 1. The third-order valence-electron chi connectivity index (χ3n) is 3.48. The van der Waals surface area contributed by atoms with E-state index in [-0.39, 0.29) is 11.7 Å². The summed E-state index contributed by atoms with van der Waals surface area (Å²) < 4.78 is 15.0. The zero-order valence-corrected chi connectivity index (χ0v) is 11.2. The monoisotopic (exact) mass is 273 g/mol. The normalized spacial score (nSPS) is 14.3. The molecule has 1 aliphatic rings. The van der Waals surface area contributed by atoms with Gasteiger partial charge in [-0.15, -0.1) is 0 Å². The molecule has 0 unspecified atom stereocenters. The Morgan fingerprint density at radius 1 is 1.40 bits per heavy atom. The Kier molecular flexibility index (Phi) is 2.97. The van der Waals surface area contributed by atoms with Crippen LogP contribution < -0.4 is 11.1 Å². The maximum atomic E-state index is 13.1. The van der Waals surface area contributed by atoms with Crippen LogP contribution in [0.3, 0.4) is 0 Å². The fraction of sp³-hybridized carbons (Fsp3) is 0.267. The molecule has 0 spiro atoms. The van der Waals surface area contributed by atoms with Crippen LogP contribution in [0.25, 0.3) is 0 Å². The van der Waals surface area contributed by atoms with Crippen molar-refractivity contribution >= 4 is 17.3 Å². The van der Waals surface area contributed by atoms with Crippen molar-refractivity contribution in [3.8, 4) is 0 Å². The van der Waals surface area contributed by atoms with Crippen LogP contribution in [0.4, 0.5) is 15.8 Å². The van der Waals surface area contributed by atoms with E-state index in [2.05, 4.69) is 5.32 Å². The summed E-state index contributed by atoms with van der Waals surface area (Å²) in [5.74, 6) is -0.533. The molecule has 1 fully saturated rings. The number of carbonyl (C=O) groups is 1. The zero-order chi connectivity index (χ0) is 14.3. The molecule has 0 atom stereocenters. The fourth-order valence-corrected chi connectivity index (χ4v) is 2.29. The highest BCUT2D eigenvalue weighted by Crippen LogP contribution is 2.37. The summed E-state index contributed by atoms with van der Waals surface area (Å²) in [4.78, 5) is 12.3. The van der Waals surface area contributed by atoms with Gasteiger partial charge < -0.3 is 15.6 Å². The summed E-state index contributed by atoms with van der Waals surface area (Å²) in [6.07, 6.45) is 3.94. The molecule has 1 amide bonds. The average molecular weight is 273 g/mol. The van der Waals surface area contributed by atoms with E-state index in [0.717, 1.165) is 12.8 Å². The van der Waals surface area contributed by atoms with Crippen LogP contribution in [0.15, 0.2) is 30.5 Å². The van der Waals surface area contributed by atoms with Crippen LogP contribution in [0.2, 0.25) is 0 Å². The molecule has 0 bridgehead atoms. The van der Waals surface area contributed by atoms with Gasteiger partial charge >= 0.3 is 0 Å². The molecule has 20 heavy (non-hydrogen) atoms.